The maximum absolute atomic E-state index is 13.4. The Hall–Kier alpha value is -1.66. The third kappa shape index (κ3) is 4.18. The van der Waals surface area contributed by atoms with Gasteiger partial charge in [-0.25, -0.2) is 4.39 Å². The third-order valence-electron chi connectivity index (χ3n) is 2.56. The quantitative estimate of drug-likeness (QED) is 0.761. The molecule has 0 heterocycles. The Bertz CT molecular complexity index is 435. The van der Waals surface area contributed by atoms with E-state index >= 15 is 0 Å². The summed E-state index contributed by atoms with van der Waals surface area (Å²) >= 11 is 0. The van der Waals surface area contributed by atoms with Gasteiger partial charge < -0.3 is 19.7 Å². The van der Waals surface area contributed by atoms with Gasteiger partial charge in [0, 0.05) is 0 Å². The standard InChI is InChI=1S/C13H17FO5/c1-3-19-12(16)7-10(15)13(17)8-4-5-11(18-2)9(14)6-8/h4-6,10,13,15,17H,3,7H2,1-2H3. The normalized spacial score (nSPS) is 13.7. The van der Waals surface area contributed by atoms with Crippen LogP contribution < -0.4 is 4.74 Å². The Morgan fingerprint density at radius 1 is 1.42 bits per heavy atom. The highest BCUT2D eigenvalue weighted by Crippen LogP contribution is 2.24. The summed E-state index contributed by atoms with van der Waals surface area (Å²) in [5.74, 6) is -1.23. The summed E-state index contributed by atoms with van der Waals surface area (Å²) < 4.78 is 22.8. The van der Waals surface area contributed by atoms with Crippen molar-refractivity contribution in [2.45, 2.75) is 25.6 Å². The van der Waals surface area contributed by atoms with E-state index in [9.17, 15) is 19.4 Å². The SMILES string of the molecule is CCOC(=O)CC(O)C(O)c1ccc(OC)c(F)c1. The minimum Gasteiger partial charge on any atom is -0.494 e. The van der Waals surface area contributed by atoms with Gasteiger partial charge in [-0.2, -0.15) is 0 Å². The van der Waals surface area contributed by atoms with Crippen LogP contribution in [-0.4, -0.2) is 36.0 Å². The van der Waals surface area contributed by atoms with Crippen LogP contribution in [0.2, 0.25) is 0 Å². The molecule has 2 unspecified atom stereocenters. The molecule has 0 aliphatic rings. The summed E-state index contributed by atoms with van der Waals surface area (Å²) in [5, 5.41) is 19.5. The molecule has 0 bridgehead atoms. The average molecular weight is 272 g/mol. The van der Waals surface area contributed by atoms with E-state index in [0.29, 0.717) is 0 Å². The molecule has 2 atom stereocenters. The van der Waals surface area contributed by atoms with Crippen molar-refractivity contribution in [2.75, 3.05) is 13.7 Å². The third-order valence-corrected chi connectivity index (χ3v) is 2.56. The zero-order valence-corrected chi connectivity index (χ0v) is 10.8. The van der Waals surface area contributed by atoms with Crippen LogP contribution in [0.25, 0.3) is 0 Å². The lowest BCUT2D eigenvalue weighted by Crippen LogP contribution is -2.23. The van der Waals surface area contributed by atoms with E-state index in [4.69, 9.17) is 4.74 Å². The average Bonchev–Trinajstić information content (AvgIpc) is 2.37. The zero-order chi connectivity index (χ0) is 14.4. The molecule has 5 nitrogen and oxygen atoms in total. The van der Waals surface area contributed by atoms with Gasteiger partial charge in [-0.15, -0.1) is 0 Å². The van der Waals surface area contributed by atoms with Crippen LogP contribution in [-0.2, 0) is 9.53 Å². The number of carbonyl (C=O) groups is 1. The van der Waals surface area contributed by atoms with Crippen LogP contribution in [0.5, 0.6) is 5.75 Å². The van der Waals surface area contributed by atoms with Crippen molar-refractivity contribution in [3.05, 3.63) is 29.6 Å². The Labute approximate surface area is 110 Å². The van der Waals surface area contributed by atoms with Gasteiger partial charge in [0.1, 0.15) is 6.10 Å². The van der Waals surface area contributed by atoms with Gasteiger partial charge in [-0.1, -0.05) is 6.07 Å². The van der Waals surface area contributed by atoms with E-state index in [1.165, 1.54) is 19.2 Å². The zero-order valence-electron chi connectivity index (χ0n) is 10.8. The Morgan fingerprint density at radius 2 is 2.11 bits per heavy atom. The predicted molar refractivity (Wildman–Crippen MR) is 65.2 cm³/mol. The van der Waals surface area contributed by atoms with Gasteiger partial charge in [0.2, 0.25) is 0 Å². The molecule has 19 heavy (non-hydrogen) atoms. The summed E-state index contributed by atoms with van der Waals surface area (Å²) in [6, 6.07) is 3.81. The number of methoxy groups -OCH3 is 1. The fourth-order valence-electron chi connectivity index (χ4n) is 1.59. The van der Waals surface area contributed by atoms with Crippen molar-refractivity contribution in [1.29, 1.82) is 0 Å². The van der Waals surface area contributed by atoms with Crippen LogP contribution in [0.4, 0.5) is 4.39 Å². The number of aliphatic hydroxyl groups is 2. The van der Waals surface area contributed by atoms with Crippen molar-refractivity contribution >= 4 is 5.97 Å². The smallest absolute Gasteiger partial charge is 0.308 e. The number of ether oxygens (including phenoxy) is 2. The summed E-state index contributed by atoms with van der Waals surface area (Å²) in [6.07, 6.45) is -3.08. The molecule has 0 amide bonds. The molecular weight excluding hydrogens is 255 g/mol. The first-order chi connectivity index (χ1) is 8.99. The molecule has 0 radical (unpaired) electrons. The lowest BCUT2D eigenvalue weighted by atomic mass is 10.0. The van der Waals surface area contributed by atoms with E-state index in [1.54, 1.807) is 6.92 Å². The predicted octanol–water partition coefficient (Wildman–Crippen LogP) is 1.18. The minimum absolute atomic E-state index is 0.0378. The Kier molecular flexibility index (Phi) is 5.72. The fraction of sp³-hybridized carbons (Fsp3) is 0.462. The van der Waals surface area contributed by atoms with Crippen molar-refractivity contribution in [3.8, 4) is 5.75 Å². The number of rotatable bonds is 6. The van der Waals surface area contributed by atoms with Crippen LogP contribution >= 0.6 is 0 Å². The number of esters is 1. The van der Waals surface area contributed by atoms with Gasteiger partial charge in [0.15, 0.2) is 11.6 Å². The maximum Gasteiger partial charge on any atom is 0.308 e. The molecule has 106 valence electrons. The first-order valence-corrected chi connectivity index (χ1v) is 5.84. The number of aliphatic hydroxyl groups excluding tert-OH is 2. The molecule has 1 aromatic carbocycles. The highest BCUT2D eigenvalue weighted by atomic mass is 19.1. The molecule has 6 heteroatoms. The molecule has 0 aliphatic heterocycles. The highest BCUT2D eigenvalue weighted by molar-refractivity contribution is 5.70. The molecule has 0 saturated heterocycles. The van der Waals surface area contributed by atoms with Crippen LogP contribution in [0.3, 0.4) is 0 Å². The van der Waals surface area contributed by atoms with Crippen LogP contribution in [0.1, 0.15) is 25.0 Å². The molecule has 0 fully saturated rings. The van der Waals surface area contributed by atoms with Crippen molar-refractivity contribution < 1.29 is 28.9 Å². The lowest BCUT2D eigenvalue weighted by molar-refractivity contribution is -0.147. The van der Waals surface area contributed by atoms with Crippen molar-refractivity contribution in [2.24, 2.45) is 0 Å². The van der Waals surface area contributed by atoms with Gasteiger partial charge in [-0.3, -0.25) is 4.79 Å². The molecule has 0 spiro atoms. The first-order valence-electron chi connectivity index (χ1n) is 5.84. The summed E-state index contributed by atoms with van der Waals surface area (Å²) in [6.45, 7) is 1.83. The molecule has 0 aliphatic carbocycles. The Balaban J connectivity index is 2.73. The number of halogens is 1. The lowest BCUT2D eigenvalue weighted by Gasteiger charge is -2.17. The van der Waals surface area contributed by atoms with Gasteiger partial charge in [0.25, 0.3) is 0 Å². The molecule has 0 aromatic heterocycles. The second-order valence-corrected chi connectivity index (χ2v) is 3.92. The van der Waals surface area contributed by atoms with E-state index in [0.717, 1.165) is 6.07 Å². The summed E-state index contributed by atoms with van der Waals surface area (Å²) in [5.41, 5.74) is 0.162. The van der Waals surface area contributed by atoms with E-state index in [1.807, 2.05) is 0 Å². The van der Waals surface area contributed by atoms with Crippen LogP contribution in [0.15, 0.2) is 18.2 Å². The van der Waals surface area contributed by atoms with E-state index in [2.05, 4.69) is 4.74 Å². The summed E-state index contributed by atoms with van der Waals surface area (Å²) in [4.78, 5) is 11.2. The number of carbonyl (C=O) groups excluding carboxylic acids is 1. The number of hydrogen-bond donors (Lipinski definition) is 2. The highest BCUT2D eigenvalue weighted by Gasteiger charge is 2.23. The maximum atomic E-state index is 13.4. The molecule has 1 rings (SSSR count). The van der Waals surface area contributed by atoms with E-state index in [-0.39, 0.29) is 24.3 Å². The molecule has 0 saturated carbocycles. The summed E-state index contributed by atoms with van der Waals surface area (Å²) in [7, 11) is 1.32. The molecule has 2 N–H and O–H groups in total. The largest absolute Gasteiger partial charge is 0.494 e. The van der Waals surface area contributed by atoms with Gasteiger partial charge >= 0.3 is 5.97 Å². The minimum atomic E-state index is -1.37. The monoisotopic (exact) mass is 272 g/mol. The molecular formula is C13H17FO5. The number of hydrogen-bond acceptors (Lipinski definition) is 5. The van der Waals surface area contributed by atoms with Crippen molar-refractivity contribution in [1.82, 2.24) is 0 Å². The van der Waals surface area contributed by atoms with E-state index < -0.39 is 24.0 Å². The van der Waals surface area contributed by atoms with Gasteiger partial charge in [0.05, 0.1) is 26.2 Å². The Morgan fingerprint density at radius 3 is 2.63 bits per heavy atom. The first kappa shape index (κ1) is 15.4. The molecule has 1 aromatic rings. The topological polar surface area (TPSA) is 76.0 Å². The second kappa shape index (κ2) is 7.06. The number of benzene rings is 1. The van der Waals surface area contributed by atoms with Gasteiger partial charge in [-0.05, 0) is 24.6 Å². The van der Waals surface area contributed by atoms with Crippen molar-refractivity contribution in [3.63, 3.8) is 0 Å². The fourth-order valence-corrected chi connectivity index (χ4v) is 1.59. The second-order valence-electron chi connectivity index (χ2n) is 3.92. The van der Waals surface area contributed by atoms with Crippen LogP contribution in [0, 0.1) is 5.82 Å².